The molecule has 11 heteroatoms. The zero-order valence-electron chi connectivity index (χ0n) is 19.9. The normalized spacial score (nSPS) is 14.5. The van der Waals surface area contributed by atoms with E-state index in [-0.39, 0.29) is 11.3 Å². The molecule has 0 radical (unpaired) electrons. The molecule has 0 spiro atoms. The Hall–Kier alpha value is -3.60. The summed E-state index contributed by atoms with van der Waals surface area (Å²) in [6.45, 7) is 0.619. The van der Waals surface area contributed by atoms with Gasteiger partial charge in [-0.1, -0.05) is 24.3 Å². The fourth-order valence-electron chi connectivity index (χ4n) is 3.47. The number of hydrogen-bond donors (Lipinski definition) is 3. The Bertz CT molecular complexity index is 1040. The first-order valence-corrected chi connectivity index (χ1v) is 11.1. The summed E-state index contributed by atoms with van der Waals surface area (Å²) in [5.74, 6) is -2.73. The summed E-state index contributed by atoms with van der Waals surface area (Å²) in [6.07, 6.45) is -1.84. The SMILES string of the molecule is COC(=O)C(CCc1ccc(OC)cc1)NC(=O)c1ccc(C2(CN)CC2)cc1.O=C(O)C(F)(F)F. The van der Waals surface area contributed by atoms with Gasteiger partial charge in [0.1, 0.15) is 11.8 Å². The predicted molar refractivity (Wildman–Crippen MR) is 125 cm³/mol. The first kappa shape index (κ1) is 28.6. The molecule has 1 aliphatic carbocycles. The number of aryl methyl sites for hydroxylation is 1. The number of halogens is 3. The molecule has 1 fully saturated rings. The quantitative estimate of drug-likeness (QED) is 0.442. The Labute approximate surface area is 206 Å². The van der Waals surface area contributed by atoms with Gasteiger partial charge in [-0.2, -0.15) is 13.2 Å². The molecule has 1 unspecified atom stereocenters. The molecule has 36 heavy (non-hydrogen) atoms. The number of carboxylic acid groups (broad SMARTS) is 1. The standard InChI is InChI=1S/C23H28N2O4.C2HF3O2/c1-28-19-10-3-16(4-11-19)5-12-20(22(27)29-2)25-21(26)17-6-8-18(9-7-17)23(15-24)13-14-23;3-2(4,5)1(6)7/h3-4,6-11,20H,5,12-15,24H2,1-2H3,(H,25,26);(H,6,7). The van der Waals surface area contributed by atoms with E-state index in [2.05, 4.69) is 5.32 Å². The van der Waals surface area contributed by atoms with E-state index in [0.717, 1.165) is 24.2 Å². The Balaban J connectivity index is 0.000000572. The lowest BCUT2D eigenvalue weighted by Gasteiger charge is -2.17. The average Bonchev–Trinajstić information content (AvgIpc) is 3.67. The number of nitrogens with two attached hydrogens (primary N) is 1. The van der Waals surface area contributed by atoms with Crippen molar-refractivity contribution in [2.45, 2.75) is 43.3 Å². The molecule has 0 saturated heterocycles. The van der Waals surface area contributed by atoms with E-state index in [1.165, 1.54) is 12.7 Å². The van der Waals surface area contributed by atoms with Crippen LogP contribution in [0.1, 0.15) is 40.7 Å². The molecular weight excluding hydrogens is 481 g/mol. The molecule has 2 aromatic rings. The van der Waals surface area contributed by atoms with Crippen LogP contribution in [0.3, 0.4) is 0 Å². The van der Waals surface area contributed by atoms with Crippen molar-refractivity contribution < 1.29 is 42.1 Å². The molecule has 1 saturated carbocycles. The maximum Gasteiger partial charge on any atom is 0.490 e. The van der Waals surface area contributed by atoms with Crippen LogP contribution in [0.4, 0.5) is 13.2 Å². The summed E-state index contributed by atoms with van der Waals surface area (Å²) in [5.41, 5.74) is 8.69. The van der Waals surface area contributed by atoms with Gasteiger partial charge in [-0.15, -0.1) is 0 Å². The summed E-state index contributed by atoms with van der Waals surface area (Å²) in [5, 5.41) is 9.93. The largest absolute Gasteiger partial charge is 0.497 e. The molecule has 2 aromatic carbocycles. The number of hydrogen-bond acceptors (Lipinski definition) is 6. The highest BCUT2D eigenvalue weighted by Gasteiger charge is 2.42. The number of benzene rings is 2. The summed E-state index contributed by atoms with van der Waals surface area (Å²) in [7, 11) is 2.94. The van der Waals surface area contributed by atoms with Gasteiger partial charge < -0.3 is 25.6 Å². The van der Waals surface area contributed by atoms with Crippen LogP contribution in [-0.4, -0.2) is 55.9 Å². The number of methoxy groups -OCH3 is 2. The van der Waals surface area contributed by atoms with Gasteiger partial charge in [-0.05, 0) is 61.1 Å². The van der Waals surface area contributed by atoms with Crippen LogP contribution >= 0.6 is 0 Å². The van der Waals surface area contributed by atoms with Crippen molar-refractivity contribution in [2.75, 3.05) is 20.8 Å². The van der Waals surface area contributed by atoms with Crippen molar-refractivity contribution in [2.24, 2.45) is 5.73 Å². The maximum atomic E-state index is 12.7. The zero-order chi connectivity index (χ0) is 26.9. The van der Waals surface area contributed by atoms with Crippen molar-refractivity contribution in [1.29, 1.82) is 0 Å². The lowest BCUT2D eigenvalue weighted by molar-refractivity contribution is -0.192. The number of esters is 1. The number of carbonyl (C=O) groups is 3. The number of carbonyl (C=O) groups excluding carboxylic acids is 2. The molecule has 1 amide bonds. The molecular formula is C25H29F3N2O6. The highest BCUT2D eigenvalue weighted by Crippen LogP contribution is 2.47. The van der Waals surface area contributed by atoms with Gasteiger partial charge in [0.15, 0.2) is 0 Å². The molecule has 4 N–H and O–H groups in total. The molecule has 8 nitrogen and oxygen atoms in total. The molecule has 0 heterocycles. The van der Waals surface area contributed by atoms with E-state index in [0.29, 0.717) is 24.9 Å². The molecule has 0 aliphatic heterocycles. The Morgan fingerprint density at radius 3 is 2.03 bits per heavy atom. The summed E-state index contributed by atoms with van der Waals surface area (Å²) in [4.78, 5) is 33.7. The zero-order valence-corrected chi connectivity index (χ0v) is 19.9. The van der Waals surface area contributed by atoms with Crippen LogP contribution in [0.2, 0.25) is 0 Å². The monoisotopic (exact) mass is 510 g/mol. The number of amides is 1. The van der Waals surface area contributed by atoms with Gasteiger partial charge in [-0.3, -0.25) is 4.79 Å². The minimum absolute atomic E-state index is 0.0852. The van der Waals surface area contributed by atoms with E-state index in [1.807, 2.05) is 36.4 Å². The van der Waals surface area contributed by atoms with Gasteiger partial charge in [0.2, 0.25) is 0 Å². The Kier molecular flexibility index (Phi) is 9.85. The number of nitrogens with one attached hydrogen (secondary N) is 1. The van der Waals surface area contributed by atoms with Crippen LogP contribution in [0, 0.1) is 0 Å². The molecule has 0 bridgehead atoms. The van der Waals surface area contributed by atoms with Crippen LogP contribution in [0.5, 0.6) is 5.75 Å². The van der Waals surface area contributed by atoms with Crippen molar-refractivity contribution in [3.63, 3.8) is 0 Å². The second-order valence-electron chi connectivity index (χ2n) is 8.30. The van der Waals surface area contributed by atoms with Crippen LogP contribution < -0.4 is 15.8 Å². The van der Waals surface area contributed by atoms with Crippen LogP contribution in [0.25, 0.3) is 0 Å². The maximum absolute atomic E-state index is 12.7. The molecule has 1 aliphatic rings. The number of alkyl halides is 3. The lowest BCUT2D eigenvalue weighted by atomic mass is 9.95. The van der Waals surface area contributed by atoms with E-state index in [1.54, 1.807) is 19.2 Å². The van der Waals surface area contributed by atoms with Gasteiger partial charge in [0, 0.05) is 17.5 Å². The molecule has 1 atom stereocenters. The molecule has 3 rings (SSSR count). The lowest BCUT2D eigenvalue weighted by Crippen LogP contribution is -2.41. The van der Waals surface area contributed by atoms with E-state index < -0.39 is 24.2 Å². The van der Waals surface area contributed by atoms with Crippen molar-refractivity contribution in [3.8, 4) is 5.75 Å². The van der Waals surface area contributed by atoms with Crippen molar-refractivity contribution >= 4 is 17.8 Å². The summed E-state index contributed by atoms with van der Waals surface area (Å²) >= 11 is 0. The van der Waals surface area contributed by atoms with Crippen LogP contribution in [-0.2, 0) is 26.2 Å². The van der Waals surface area contributed by atoms with E-state index >= 15 is 0 Å². The highest BCUT2D eigenvalue weighted by molar-refractivity contribution is 5.96. The average molecular weight is 511 g/mol. The third kappa shape index (κ3) is 7.98. The highest BCUT2D eigenvalue weighted by atomic mass is 19.4. The number of ether oxygens (including phenoxy) is 2. The number of carboxylic acids is 1. The summed E-state index contributed by atoms with van der Waals surface area (Å²) < 4.78 is 41.8. The smallest absolute Gasteiger partial charge is 0.490 e. The first-order chi connectivity index (χ1) is 17.0. The second-order valence-corrected chi connectivity index (χ2v) is 8.30. The minimum Gasteiger partial charge on any atom is -0.497 e. The third-order valence-electron chi connectivity index (χ3n) is 5.92. The van der Waals surface area contributed by atoms with Crippen molar-refractivity contribution in [1.82, 2.24) is 5.32 Å². The topological polar surface area (TPSA) is 128 Å². The van der Waals surface area contributed by atoms with Gasteiger partial charge in [0.25, 0.3) is 5.91 Å². The number of aliphatic carboxylic acids is 1. The number of rotatable bonds is 9. The van der Waals surface area contributed by atoms with E-state index in [4.69, 9.17) is 25.1 Å². The predicted octanol–water partition coefficient (Wildman–Crippen LogP) is 3.22. The first-order valence-electron chi connectivity index (χ1n) is 11.1. The Morgan fingerprint density at radius 1 is 1.06 bits per heavy atom. The van der Waals surface area contributed by atoms with Crippen molar-refractivity contribution in [3.05, 3.63) is 65.2 Å². The fraction of sp³-hybridized carbons (Fsp3) is 0.400. The van der Waals surface area contributed by atoms with Crippen LogP contribution in [0.15, 0.2) is 48.5 Å². The van der Waals surface area contributed by atoms with E-state index in [9.17, 15) is 22.8 Å². The molecule has 0 aromatic heterocycles. The van der Waals surface area contributed by atoms with Gasteiger partial charge in [-0.25, -0.2) is 9.59 Å². The Morgan fingerprint density at radius 2 is 1.61 bits per heavy atom. The third-order valence-corrected chi connectivity index (χ3v) is 5.92. The summed E-state index contributed by atoms with van der Waals surface area (Å²) in [6, 6.07) is 14.4. The van der Waals surface area contributed by atoms with Gasteiger partial charge in [0.05, 0.1) is 14.2 Å². The minimum atomic E-state index is -5.08. The van der Waals surface area contributed by atoms with Gasteiger partial charge >= 0.3 is 18.1 Å². The fourth-order valence-corrected chi connectivity index (χ4v) is 3.47. The molecule has 196 valence electrons. The second kappa shape index (κ2) is 12.4.